The molecular formula is C14H18BFIN2O2P. The molecule has 1 aliphatic rings. The second kappa shape index (κ2) is 5.40. The molecule has 1 aromatic heterocycles. The maximum atomic E-state index is 14.4. The summed E-state index contributed by atoms with van der Waals surface area (Å²) >= 11 is 2.19. The number of benzene rings is 1. The van der Waals surface area contributed by atoms with E-state index >= 15 is 0 Å². The van der Waals surface area contributed by atoms with Crippen molar-refractivity contribution in [1.29, 1.82) is 0 Å². The maximum absolute atomic E-state index is 14.4. The maximum Gasteiger partial charge on any atom is 0.495 e. The summed E-state index contributed by atoms with van der Waals surface area (Å²) in [7, 11) is -0.511. The summed E-state index contributed by atoms with van der Waals surface area (Å²) in [6, 6.07) is 1.54. The molecule has 0 aliphatic carbocycles. The first-order chi connectivity index (χ1) is 10.2. The number of nitrogens with zero attached hydrogens (tertiary/aromatic N) is 2. The van der Waals surface area contributed by atoms with E-state index in [0.29, 0.717) is 11.9 Å². The fourth-order valence-corrected chi connectivity index (χ4v) is 4.17. The van der Waals surface area contributed by atoms with Gasteiger partial charge in [-0.1, -0.05) is 0 Å². The van der Waals surface area contributed by atoms with Crippen molar-refractivity contribution in [2.75, 3.05) is 0 Å². The van der Waals surface area contributed by atoms with Crippen LogP contribution in [0.25, 0.3) is 10.9 Å². The predicted molar refractivity (Wildman–Crippen MR) is 97.9 cm³/mol. The van der Waals surface area contributed by atoms with Crippen molar-refractivity contribution >= 4 is 51.9 Å². The fourth-order valence-electron chi connectivity index (χ4n) is 2.66. The molecule has 0 spiro atoms. The molecule has 1 aromatic carbocycles. The molecule has 0 saturated carbocycles. The Morgan fingerprint density at radius 3 is 2.41 bits per heavy atom. The average molecular weight is 434 g/mol. The van der Waals surface area contributed by atoms with Gasteiger partial charge in [0.05, 0.1) is 23.8 Å². The lowest BCUT2D eigenvalue weighted by Crippen LogP contribution is -2.41. The Kier molecular flexibility index (Phi) is 4.08. The van der Waals surface area contributed by atoms with Crippen LogP contribution in [0.3, 0.4) is 0 Å². The van der Waals surface area contributed by atoms with Crippen molar-refractivity contribution < 1.29 is 13.7 Å². The monoisotopic (exact) mass is 434 g/mol. The van der Waals surface area contributed by atoms with Crippen molar-refractivity contribution in [3.05, 3.63) is 23.6 Å². The van der Waals surface area contributed by atoms with E-state index in [2.05, 4.69) is 27.1 Å². The zero-order chi connectivity index (χ0) is 16.3. The number of aryl methyl sites for hydroxylation is 1. The molecule has 1 fully saturated rings. The Morgan fingerprint density at radius 1 is 1.27 bits per heavy atom. The van der Waals surface area contributed by atoms with Gasteiger partial charge in [0.2, 0.25) is 0 Å². The van der Waals surface area contributed by atoms with Crippen LogP contribution in [0.4, 0.5) is 4.39 Å². The van der Waals surface area contributed by atoms with Crippen molar-refractivity contribution in [1.82, 2.24) is 9.55 Å². The number of aromatic nitrogens is 2. The number of fused-ring (bicyclic) bond motifs is 1. The van der Waals surface area contributed by atoms with Gasteiger partial charge in [0.25, 0.3) is 0 Å². The summed E-state index contributed by atoms with van der Waals surface area (Å²) in [5, 5.41) is 5.05. The first kappa shape index (κ1) is 16.6. The van der Waals surface area contributed by atoms with E-state index in [9.17, 15) is 4.39 Å². The second-order valence-corrected chi connectivity index (χ2v) is 8.62. The van der Waals surface area contributed by atoms with Crippen molar-refractivity contribution in [2.24, 2.45) is 0 Å². The fraction of sp³-hybridized carbons (Fsp3) is 0.500. The molecule has 8 heteroatoms. The molecule has 1 aliphatic heterocycles. The van der Waals surface area contributed by atoms with Crippen molar-refractivity contribution in [3.63, 3.8) is 0 Å². The van der Waals surface area contributed by atoms with Crippen LogP contribution in [-0.4, -0.2) is 27.9 Å². The molecule has 1 unspecified atom stereocenters. The van der Waals surface area contributed by atoms with E-state index in [1.54, 1.807) is 10.6 Å². The Labute approximate surface area is 144 Å². The minimum absolute atomic E-state index is 0.255. The van der Waals surface area contributed by atoms with Gasteiger partial charge in [-0.3, -0.25) is 0 Å². The minimum atomic E-state index is -0.511. The van der Waals surface area contributed by atoms with E-state index < -0.39 is 18.3 Å². The third kappa shape index (κ3) is 2.41. The summed E-state index contributed by atoms with van der Waals surface area (Å²) < 4.78 is 28.3. The number of hydrogen-bond donors (Lipinski definition) is 0. The van der Waals surface area contributed by atoms with Crippen LogP contribution in [0.2, 0.25) is 0 Å². The number of halogens is 2. The number of rotatable bonds is 2. The van der Waals surface area contributed by atoms with Crippen molar-refractivity contribution in [3.8, 4) is 0 Å². The lowest BCUT2D eigenvalue weighted by Gasteiger charge is -2.32. The highest BCUT2D eigenvalue weighted by atomic mass is 127. The molecule has 3 rings (SSSR count). The first-order valence-electron chi connectivity index (χ1n) is 7.07. The van der Waals surface area contributed by atoms with E-state index in [-0.39, 0.29) is 5.82 Å². The third-order valence-corrected chi connectivity index (χ3v) is 6.49. The standard InChI is InChI=1S/C14H18BFIN2O2P/c1-8-6-10(16)12-9(7-18-19(12)22-17)11(8)15-20-13(2,3)14(4,5)21-15/h6-7,22H,1-5H3. The summed E-state index contributed by atoms with van der Waals surface area (Å²) in [6.07, 6.45) is 2.05. The topological polar surface area (TPSA) is 36.3 Å². The molecule has 1 saturated heterocycles. The molecule has 4 nitrogen and oxygen atoms in total. The van der Waals surface area contributed by atoms with E-state index in [1.165, 1.54) is 6.07 Å². The Morgan fingerprint density at radius 2 is 1.86 bits per heavy atom. The summed E-state index contributed by atoms with van der Waals surface area (Å²) in [6.45, 7) is 9.93. The molecule has 2 aromatic rings. The van der Waals surface area contributed by atoms with Gasteiger partial charge in [0.15, 0.2) is 0 Å². The molecule has 118 valence electrons. The van der Waals surface area contributed by atoms with E-state index in [4.69, 9.17) is 9.31 Å². The predicted octanol–water partition coefficient (Wildman–Crippen LogP) is 3.57. The zero-order valence-corrected chi connectivity index (χ0v) is 16.4. The Bertz CT molecular complexity index is 734. The normalized spacial score (nSPS) is 20.6. The van der Waals surface area contributed by atoms with Gasteiger partial charge in [-0.05, 0) is 73.8 Å². The Balaban J connectivity index is 2.18. The summed E-state index contributed by atoms with van der Waals surface area (Å²) in [5.74, 6) is -0.255. The SMILES string of the molecule is Cc1cc(F)c2c(cnn2PI)c1B1OC(C)(C)C(C)(C)O1. The molecule has 0 N–H and O–H groups in total. The molecule has 1 atom stereocenters. The van der Waals surface area contributed by atoms with Crippen molar-refractivity contribution in [2.45, 2.75) is 45.8 Å². The first-order valence-corrected chi connectivity index (χ1v) is 11.1. The van der Waals surface area contributed by atoms with Gasteiger partial charge < -0.3 is 9.31 Å². The molecule has 22 heavy (non-hydrogen) atoms. The highest BCUT2D eigenvalue weighted by Crippen LogP contribution is 2.38. The van der Waals surface area contributed by atoms with Gasteiger partial charge >= 0.3 is 7.12 Å². The van der Waals surface area contributed by atoms with E-state index in [1.807, 2.05) is 34.6 Å². The van der Waals surface area contributed by atoms with Crippen LogP contribution in [-0.2, 0) is 9.31 Å². The van der Waals surface area contributed by atoms with Crippen LogP contribution >= 0.6 is 28.4 Å². The van der Waals surface area contributed by atoms with Gasteiger partial charge in [-0.2, -0.15) is 5.10 Å². The highest BCUT2D eigenvalue weighted by Gasteiger charge is 2.52. The summed E-state index contributed by atoms with van der Waals surface area (Å²) in [4.78, 5) is 0. The van der Waals surface area contributed by atoms with Crippen LogP contribution in [0.15, 0.2) is 12.3 Å². The average Bonchev–Trinajstić information content (AvgIpc) is 2.89. The Hall–Kier alpha value is -0.235. The van der Waals surface area contributed by atoms with Crippen LogP contribution in [0.5, 0.6) is 0 Å². The molecular weight excluding hydrogens is 416 g/mol. The summed E-state index contributed by atoms with van der Waals surface area (Å²) in [5.41, 5.74) is 1.36. The van der Waals surface area contributed by atoms with Gasteiger partial charge in [0.1, 0.15) is 11.3 Å². The van der Waals surface area contributed by atoms with Gasteiger partial charge in [-0.25, -0.2) is 8.84 Å². The lowest BCUT2D eigenvalue weighted by molar-refractivity contribution is 0.00578. The largest absolute Gasteiger partial charge is 0.495 e. The van der Waals surface area contributed by atoms with E-state index in [0.717, 1.165) is 16.4 Å². The third-order valence-electron chi connectivity index (χ3n) is 4.62. The van der Waals surface area contributed by atoms with Crippen LogP contribution < -0.4 is 5.46 Å². The smallest absolute Gasteiger partial charge is 0.399 e. The number of hydrogen-bond acceptors (Lipinski definition) is 3. The molecule has 0 amide bonds. The zero-order valence-electron chi connectivity index (χ0n) is 13.2. The molecule has 0 bridgehead atoms. The lowest BCUT2D eigenvalue weighted by atomic mass is 9.74. The highest BCUT2D eigenvalue weighted by molar-refractivity contribution is 14.2. The minimum Gasteiger partial charge on any atom is -0.399 e. The second-order valence-electron chi connectivity index (χ2n) is 6.58. The quantitative estimate of drug-likeness (QED) is 0.412. The van der Waals surface area contributed by atoms with Crippen LogP contribution in [0, 0.1) is 12.7 Å². The molecule has 2 heterocycles. The van der Waals surface area contributed by atoms with Crippen LogP contribution in [0.1, 0.15) is 33.3 Å². The van der Waals surface area contributed by atoms with Gasteiger partial charge in [-0.15, -0.1) is 0 Å². The van der Waals surface area contributed by atoms with Gasteiger partial charge in [0, 0.05) is 5.39 Å². The molecule has 0 radical (unpaired) electrons.